The van der Waals surface area contributed by atoms with Crippen molar-refractivity contribution in [3.63, 3.8) is 0 Å². The number of carboxylic acids is 1. The summed E-state index contributed by atoms with van der Waals surface area (Å²) in [6.45, 7) is -0.423. The van der Waals surface area contributed by atoms with Crippen molar-refractivity contribution in [2.24, 2.45) is 0 Å². The first kappa shape index (κ1) is 14.5. The van der Waals surface area contributed by atoms with Crippen LogP contribution in [0.25, 0.3) is 6.08 Å². The number of ether oxygens (including phenoxy) is 1. The van der Waals surface area contributed by atoms with Crippen LogP contribution in [0.3, 0.4) is 0 Å². The third-order valence-electron chi connectivity index (χ3n) is 2.59. The van der Waals surface area contributed by atoms with E-state index in [1.807, 2.05) is 18.2 Å². The smallest absolute Gasteiger partial charge is 0.323 e. The zero-order valence-corrected chi connectivity index (χ0v) is 12.2. The lowest BCUT2D eigenvalue weighted by molar-refractivity contribution is -0.140. The van der Waals surface area contributed by atoms with Crippen molar-refractivity contribution in [1.29, 1.82) is 0 Å². The normalized spacial score (nSPS) is 16.9. The average molecular weight is 309 g/mol. The fourth-order valence-electron chi connectivity index (χ4n) is 1.70. The standard InChI is InChI=1S/C13H11NO4S2/c1-18-9-5-3-2-4-8(9)6-10-12(17)14(7-11(15)16)13(19)20-10/h2-6H,7H2,1H3,(H,15,16). The second-order valence-electron chi connectivity index (χ2n) is 3.90. The molecule has 0 radical (unpaired) electrons. The van der Waals surface area contributed by atoms with Crippen LogP contribution < -0.4 is 4.74 Å². The van der Waals surface area contributed by atoms with Gasteiger partial charge in [0.25, 0.3) is 5.91 Å². The number of hydrogen-bond acceptors (Lipinski definition) is 5. The molecule has 0 unspecified atom stereocenters. The summed E-state index contributed by atoms with van der Waals surface area (Å²) < 4.78 is 5.45. The number of aliphatic carboxylic acids is 1. The number of amides is 1. The molecule has 1 aromatic carbocycles. The quantitative estimate of drug-likeness (QED) is 0.677. The molecule has 1 aliphatic heterocycles. The summed E-state index contributed by atoms with van der Waals surface area (Å²) in [6.07, 6.45) is 1.65. The van der Waals surface area contributed by atoms with Crippen LogP contribution in [0.15, 0.2) is 29.2 Å². The Bertz CT molecular complexity index is 612. The fourth-order valence-corrected chi connectivity index (χ4v) is 2.94. The van der Waals surface area contributed by atoms with Crippen LogP contribution in [0.4, 0.5) is 0 Å². The highest BCUT2D eigenvalue weighted by Crippen LogP contribution is 2.33. The summed E-state index contributed by atoms with van der Waals surface area (Å²) in [5.41, 5.74) is 0.742. The number of para-hydroxylation sites is 1. The van der Waals surface area contributed by atoms with Crippen molar-refractivity contribution in [2.45, 2.75) is 0 Å². The number of benzene rings is 1. The Labute approximate surface area is 125 Å². The molecule has 7 heteroatoms. The number of rotatable bonds is 4. The lowest BCUT2D eigenvalue weighted by Crippen LogP contribution is -2.33. The highest BCUT2D eigenvalue weighted by atomic mass is 32.2. The maximum absolute atomic E-state index is 12.1. The molecular formula is C13H11NO4S2. The number of nitrogens with zero attached hydrogens (tertiary/aromatic N) is 1. The number of methoxy groups -OCH3 is 1. The van der Waals surface area contributed by atoms with Gasteiger partial charge in [0.15, 0.2) is 0 Å². The van der Waals surface area contributed by atoms with Gasteiger partial charge >= 0.3 is 5.97 Å². The maximum atomic E-state index is 12.1. The van der Waals surface area contributed by atoms with Crippen molar-refractivity contribution in [1.82, 2.24) is 4.90 Å². The fraction of sp³-hybridized carbons (Fsp3) is 0.154. The minimum atomic E-state index is -1.10. The summed E-state index contributed by atoms with van der Waals surface area (Å²) in [4.78, 5) is 24.3. The van der Waals surface area contributed by atoms with Crippen molar-refractivity contribution >= 4 is 46.3 Å². The third kappa shape index (κ3) is 3.00. The van der Waals surface area contributed by atoms with Crippen LogP contribution in [0.2, 0.25) is 0 Å². The first-order chi connectivity index (χ1) is 9.52. The molecule has 1 fully saturated rings. The van der Waals surface area contributed by atoms with E-state index in [2.05, 4.69) is 0 Å². The first-order valence-electron chi connectivity index (χ1n) is 5.63. The lowest BCUT2D eigenvalue weighted by Gasteiger charge is -2.10. The highest BCUT2D eigenvalue weighted by molar-refractivity contribution is 8.26. The summed E-state index contributed by atoms with van der Waals surface area (Å²) in [7, 11) is 1.54. The molecule has 1 N–H and O–H groups in total. The molecule has 0 saturated carbocycles. The number of carboxylic acid groups (broad SMARTS) is 1. The molecule has 1 amide bonds. The average Bonchev–Trinajstić information content (AvgIpc) is 2.67. The zero-order chi connectivity index (χ0) is 14.7. The molecule has 0 aliphatic carbocycles. The number of thioether (sulfide) groups is 1. The van der Waals surface area contributed by atoms with Gasteiger partial charge in [0.2, 0.25) is 0 Å². The largest absolute Gasteiger partial charge is 0.496 e. The van der Waals surface area contributed by atoms with Gasteiger partial charge in [-0.15, -0.1) is 0 Å². The van der Waals surface area contributed by atoms with E-state index in [0.717, 1.165) is 22.2 Å². The van der Waals surface area contributed by atoms with E-state index in [-0.39, 0.29) is 4.32 Å². The Balaban J connectivity index is 2.30. The van der Waals surface area contributed by atoms with Crippen LogP contribution in [-0.4, -0.2) is 39.9 Å². The predicted octanol–water partition coefficient (Wildman–Crippen LogP) is 1.98. The SMILES string of the molecule is COc1ccccc1C=C1SC(=S)N(CC(=O)O)C1=O. The maximum Gasteiger partial charge on any atom is 0.323 e. The van der Waals surface area contributed by atoms with Crippen LogP contribution in [0.5, 0.6) is 5.75 Å². The molecule has 1 heterocycles. The first-order valence-corrected chi connectivity index (χ1v) is 6.85. The summed E-state index contributed by atoms with van der Waals surface area (Å²) in [6, 6.07) is 7.24. The highest BCUT2D eigenvalue weighted by Gasteiger charge is 2.33. The molecule has 104 valence electrons. The van der Waals surface area contributed by atoms with E-state index < -0.39 is 18.4 Å². The van der Waals surface area contributed by atoms with E-state index >= 15 is 0 Å². The molecule has 0 aromatic heterocycles. The molecule has 20 heavy (non-hydrogen) atoms. The van der Waals surface area contributed by atoms with E-state index in [1.165, 1.54) is 0 Å². The second-order valence-corrected chi connectivity index (χ2v) is 5.58. The van der Waals surface area contributed by atoms with Crippen LogP contribution in [0.1, 0.15) is 5.56 Å². The van der Waals surface area contributed by atoms with Gasteiger partial charge in [-0.3, -0.25) is 14.5 Å². The Hall–Kier alpha value is -1.86. The lowest BCUT2D eigenvalue weighted by atomic mass is 10.2. The monoisotopic (exact) mass is 309 g/mol. The molecule has 5 nitrogen and oxygen atoms in total. The van der Waals surface area contributed by atoms with Gasteiger partial charge in [-0.2, -0.15) is 0 Å². The van der Waals surface area contributed by atoms with Gasteiger partial charge in [0.1, 0.15) is 16.6 Å². The molecule has 1 saturated heterocycles. The topological polar surface area (TPSA) is 66.8 Å². The molecular weight excluding hydrogens is 298 g/mol. The van der Waals surface area contributed by atoms with Gasteiger partial charge in [0, 0.05) is 5.56 Å². The summed E-state index contributed by atoms with van der Waals surface area (Å²) in [5, 5.41) is 8.77. The second kappa shape index (κ2) is 6.06. The van der Waals surface area contributed by atoms with Gasteiger partial charge < -0.3 is 9.84 Å². The summed E-state index contributed by atoms with van der Waals surface area (Å²) in [5.74, 6) is -0.857. The van der Waals surface area contributed by atoms with E-state index in [0.29, 0.717) is 10.7 Å². The Kier molecular flexibility index (Phi) is 4.41. The molecule has 0 atom stereocenters. The number of carbonyl (C=O) groups is 2. The third-order valence-corrected chi connectivity index (χ3v) is 3.97. The molecule has 0 spiro atoms. The number of carbonyl (C=O) groups excluding carboxylic acids is 1. The Morgan fingerprint density at radius 3 is 2.85 bits per heavy atom. The van der Waals surface area contributed by atoms with Crippen molar-refractivity contribution in [3.8, 4) is 5.75 Å². The van der Waals surface area contributed by atoms with Crippen molar-refractivity contribution < 1.29 is 19.4 Å². The van der Waals surface area contributed by atoms with Crippen molar-refractivity contribution in [2.75, 3.05) is 13.7 Å². The zero-order valence-electron chi connectivity index (χ0n) is 10.5. The number of thiocarbonyl (C=S) groups is 1. The van der Waals surface area contributed by atoms with E-state index in [9.17, 15) is 9.59 Å². The minimum absolute atomic E-state index is 0.249. The van der Waals surface area contributed by atoms with Crippen LogP contribution >= 0.6 is 24.0 Å². The Morgan fingerprint density at radius 2 is 2.20 bits per heavy atom. The van der Waals surface area contributed by atoms with E-state index in [1.54, 1.807) is 19.3 Å². The minimum Gasteiger partial charge on any atom is -0.496 e. The molecule has 1 aliphatic rings. The van der Waals surface area contributed by atoms with Gasteiger partial charge in [-0.05, 0) is 12.1 Å². The van der Waals surface area contributed by atoms with Gasteiger partial charge in [-0.25, -0.2) is 0 Å². The molecule has 2 rings (SSSR count). The predicted molar refractivity (Wildman–Crippen MR) is 80.5 cm³/mol. The van der Waals surface area contributed by atoms with Gasteiger partial charge in [0.05, 0.1) is 12.0 Å². The van der Waals surface area contributed by atoms with Gasteiger partial charge in [-0.1, -0.05) is 42.2 Å². The van der Waals surface area contributed by atoms with Crippen molar-refractivity contribution in [3.05, 3.63) is 34.7 Å². The number of hydrogen-bond donors (Lipinski definition) is 1. The summed E-state index contributed by atoms with van der Waals surface area (Å²) >= 11 is 6.11. The van der Waals surface area contributed by atoms with Crippen LogP contribution in [0, 0.1) is 0 Å². The molecule has 1 aromatic rings. The van der Waals surface area contributed by atoms with E-state index in [4.69, 9.17) is 22.1 Å². The van der Waals surface area contributed by atoms with Crippen LogP contribution in [-0.2, 0) is 9.59 Å². The molecule has 0 bridgehead atoms. The Morgan fingerprint density at radius 1 is 1.50 bits per heavy atom.